The molecule has 1 aliphatic heterocycles. The fourth-order valence-corrected chi connectivity index (χ4v) is 12.6. The molecule has 2 aliphatic carbocycles. The monoisotopic (exact) mass is 878 g/mol. The van der Waals surface area contributed by atoms with Crippen molar-refractivity contribution in [2.24, 2.45) is 0 Å². The summed E-state index contributed by atoms with van der Waals surface area (Å²) in [6.45, 7) is 4.75. The Bertz CT molecular complexity index is 4120. The predicted molar refractivity (Wildman–Crippen MR) is 282 cm³/mol. The van der Waals surface area contributed by atoms with Gasteiger partial charge < -0.3 is 4.57 Å². The van der Waals surface area contributed by atoms with Crippen molar-refractivity contribution >= 4 is 32.6 Å². The second kappa shape index (κ2) is 13.9. The first-order valence-corrected chi connectivity index (χ1v) is 23.9. The summed E-state index contributed by atoms with van der Waals surface area (Å²) in [7, 11) is 0. The van der Waals surface area contributed by atoms with Crippen LogP contribution in [0.4, 0.5) is 0 Å². The Balaban J connectivity index is 0.982. The molecular weight excluding hydrogens is 837 g/mol. The Labute approximate surface area is 399 Å². The zero-order valence-electron chi connectivity index (χ0n) is 38.1. The third-order valence-corrected chi connectivity index (χ3v) is 15.7. The van der Waals surface area contributed by atoms with Gasteiger partial charge in [0.15, 0.2) is 17.5 Å². The van der Waals surface area contributed by atoms with Crippen molar-refractivity contribution in [3.63, 3.8) is 0 Å². The highest BCUT2D eigenvalue weighted by Crippen LogP contribution is 2.59. The maximum absolute atomic E-state index is 5.47. The molecule has 322 valence electrons. The smallest absolute Gasteiger partial charge is 0.164 e. The van der Waals surface area contributed by atoms with Gasteiger partial charge in [0.05, 0.1) is 22.1 Å². The highest BCUT2D eigenvalue weighted by atomic mass is 15.0. The fraction of sp³-hybridized carbons (Fsp3) is 0.0615. The molecule has 4 heteroatoms. The zero-order valence-corrected chi connectivity index (χ0v) is 38.1. The Morgan fingerprint density at radius 3 is 1.72 bits per heavy atom. The lowest BCUT2D eigenvalue weighted by atomic mass is 9.67. The zero-order chi connectivity index (χ0) is 45.6. The lowest BCUT2D eigenvalue weighted by Crippen LogP contribution is -2.28. The van der Waals surface area contributed by atoms with Crippen LogP contribution < -0.4 is 0 Å². The molecule has 15 rings (SSSR count). The number of nitrogens with zero attached hydrogens (tertiary/aromatic N) is 4. The van der Waals surface area contributed by atoms with E-state index < -0.39 is 5.41 Å². The molecule has 3 aliphatic rings. The van der Waals surface area contributed by atoms with Crippen LogP contribution in [-0.2, 0) is 10.8 Å². The van der Waals surface area contributed by atoms with Crippen LogP contribution in [0.3, 0.4) is 0 Å². The van der Waals surface area contributed by atoms with E-state index >= 15 is 0 Å². The molecule has 0 fully saturated rings. The molecule has 0 amide bonds. The van der Waals surface area contributed by atoms with Crippen LogP contribution in [0.15, 0.2) is 218 Å². The van der Waals surface area contributed by atoms with E-state index in [1.807, 2.05) is 0 Å². The van der Waals surface area contributed by atoms with Gasteiger partial charge in [-0.25, -0.2) is 15.0 Å². The van der Waals surface area contributed by atoms with E-state index in [0.717, 1.165) is 33.0 Å². The SMILES string of the molecule is CC1(C)c2cccc3c2-c2c1ccc1c4ccc(-c5nc(-c6ccc7c(c6)-c6ccccc6C7(c6ccccc6)c6ccccc6)nc(-c6cccc7ccccc67)n5)cc4n(c21)-c1ccccc1-3. The van der Waals surface area contributed by atoms with E-state index in [9.17, 15) is 0 Å². The highest BCUT2D eigenvalue weighted by molar-refractivity contribution is 6.19. The molecule has 10 aromatic carbocycles. The third-order valence-electron chi connectivity index (χ3n) is 15.7. The first-order chi connectivity index (χ1) is 34.0. The van der Waals surface area contributed by atoms with Crippen molar-refractivity contribution in [3.05, 3.63) is 252 Å². The Morgan fingerprint density at radius 2 is 0.913 bits per heavy atom. The van der Waals surface area contributed by atoms with E-state index in [0.29, 0.717) is 17.5 Å². The quantitative estimate of drug-likeness (QED) is 0.173. The van der Waals surface area contributed by atoms with Gasteiger partial charge in [-0.1, -0.05) is 214 Å². The first kappa shape index (κ1) is 38.4. The normalized spacial score (nSPS) is 14.2. The van der Waals surface area contributed by atoms with Gasteiger partial charge in [-0.2, -0.15) is 0 Å². The number of hydrogen-bond donors (Lipinski definition) is 0. The number of para-hydroxylation sites is 1. The van der Waals surface area contributed by atoms with Gasteiger partial charge in [-0.15, -0.1) is 0 Å². The van der Waals surface area contributed by atoms with Crippen LogP contribution in [-0.4, -0.2) is 19.5 Å². The van der Waals surface area contributed by atoms with Crippen LogP contribution in [0.1, 0.15) is 47.2 Å². The molecule has 0 unspecified atom stereocenters. The fourth-order valence-electron chi connectivity index (χ4n) is 12.6. The van der Waals surface area contributed by atoms with E-state index in [2.05, 4.69) is 237 Å². The van der Waals surface area contributed by atoms with Crippen LogP contribution in [0.5, 0.6) is 0 Å². The van der Waals surface area contributed by atoms with Gasteiger partial charge >= 0.3 is 0 Å². The van der Waals surface area contributed by atoms with Crippen LogP contribution in [0.2, 0.25) is 0 Å². The molecular formula is C65H42N4. The summed E-state index contributed by atoms with van der Waals surface area (Å²) in [6.07, 6.45) is 0. The minimum atomic E-state index is -0.502. The van der Waals surface area contributed by atoms with Crippen molar-refractivity contribution in [2.75, 3.05) is 0 Å². The number of fused-ring (bicyclic) bond motifs is 10. The number of benzene rings is 10. The lowest BCUT2D eigenvalue weighted by Gasteiger charge is -2.33. The molecule has 12 aromatic rings. The van der Waals surface area contributed by atoms with E-state index in [4.69, 9.17) is 15.0 Å². The Kier molecular flexibility index (Phi) is 7.74. The lowest BCUT2D eigenvalue weighted by molar-refractivity contribution is 0.661. The topological polar surface area (TPSA) is 43.6 Å². The predicted octanol–water partition coefficient (Wildman–Crippen LogP) is 15.8. The molecule has 0 bridgehead atoms. The van der Waals surface area contributed by atoms with Crippen molar-refractivity contribution in [1.29, 1.82) is 0 Å². The van der Waals surface area contributed by atoms with Crippen molar-refractivity contribution in [2.45, 2.75) is 24.7 Å². The molecule has 4 nitrogen and oxygen atoms in total. The summed E-state index contributed by atoms with van der Waals surface area (Å²) in [6, 6.07) is 79.9. The molecule has 2 aromatic heterocycles. The summed E-state index contributed by atoms with van der Waals surface area (Å²) in [5.41, 5.74) is 21.2. The maximum atomic E-state index is 5.47. The number of hydrogen-bond acceptors (Lipinski definition) is 3. The second-order valence-corrected chi connectivity index (χ2v) is 19.4. The third kappa shape index (κ3) is 5.10. The summed E-state index contributed by atoms with van der Waals surface area (Å²) in [5, 5.41) is 4.69. The summed E-state index contributed by atoms with van der Waals surface area (Å²) >= 11 is 0. The van der Waals surface area contributed by atoms with Gasteiger partial charge in [0.25, 0.3) is 0 Å². The van der Waals surface area contributed by atoms with Crippen molar-refractivity contribution < 1.29 is 0 Å². The molecule has 0 atom stereocenters. The molecule has 0 N–H and O–H groups in total. The van der Waals surface area contributed by atoms with Gasteiger partial charge in [-0.05, 0) is 84.6 Å². The minimum Gasteiger partial charge on any atom is -0.308 e. The van der Waals surface area contributed by atoms with E-state index in [1.165, 1.54) is 88.7 Å². The van der Waals surface area contributed by atoms with Gasteiger partial charge in [0.1, 0.15) is 0 Å². The summed E-state index contributed by atoms with van der Waals surface area (Å²) in [5.74, 6) is 1.90. The van der Waals surface area contributed by atoms with Crippen LogP contribution in [0, 0.1) is 0 Å². The summed E-state index contributed by atoms with van der Waals surface area (Å²) in [4.78, 5) is 16.3. The minimum absolute atomic E-state index is 0.128. The van der Waals surface area contributed by atoms with E-state index in [1.54, 1.807) is 0 Å². The highest BCUT2D eigenvalue weighted by Gasteiger charge is 2.46. The van der Waals surface area contributed by atoms with Crippen LogP contribution >= 0.6 is 0 Å². The maximum Gasteiger partial charge on any atom is 0.164 e. The molecule has 0 spiro atoms. The van der Waals surface area contributed by atoms with Gasteiger partial charge in [-0.3, -0.25) is 0 Å². The second-order valence-electron chi connectivity index (χ2n) is 19.4. The molecule has 3 heterocycles. The molecule has 69 heavy (non-hydrogen) atoms. The first-order valence-electron chi connectivity index (χ1n) is 23.9. The van der Waals surface area contributed by atoms with E-state index in [-0.39, 0.29) is 5.41 Å². The Morgan fingerprint density at radius 1 is 0.362 bits per heavy atom. The van der Waals surface area contributed by atoms with Gasteiger partial charge in [0, 0.05) is 44.0 Å². The van der Waals surface area contributed by atoms with Crippen LogP contribution in [0.25, 0.3) is 106 Å². The van der Waals surface area contributed by atoms with Crippen molar-refractivity contribution in [1.82, 2.24) is 19.5 Å². The Hall–Kier alpha value is -8.73. The largest absolute Gasteiger partial charge is 0.308 e. The molecule has 0 radical (unpaired) electrons. The molecule has 0 saturated heterocycles. The molecule has 0 saturated carbocycles. The number of rotatable bonds is 5. The van der Waals surface area contributed by atoms with Gasteiger partial charge in [0.2, 0.25) is 0 Å². The summed E-state index contributed by atoms with van der Waals surface area (Å²) < 4.78 is 2.52. The number of aromatic nitrogens is 4. The van der Waals surface area contributed by atoms with Crippen molar-refractivity contribution in [3.8, 4) is 73.2 Å². The standard InChI is InChI=1S/C65H42N4/c1-64(2)54-29-16-26-48-46-25-12-14-30-56(46)69-57-38-41(31-33-47(57)49-34-36-55(64)59(58(48)54)60(49)69)62-66-61(67-63(68-62)50-27-15-18-39-17-9-10-23-44(39)50)40-32-35-53-51(37-40)45-24-11-13-28-52(45)65(53,42-19-5-3-6-20-42)43-21-7-4-8-22-43/h3-38H,1-2H3. The average molecular weight is 879 g/mol. The average Bonchev–Trinajstić information content (AvgIpc) is 3.95.